The zero-order chi connectivity index (χ0) is 11.7. The molecule has 86 valence electrons. The molecule has 1 saturated heterocycles. The fourth-order valence-corrected chi connectivity index (χ4v) is 2.55. The molecule has 2 heterocycles. The first-order chi connectivity index (χ1) is 7.61. The van der Waals surface area contributed by atoms with E-state index in [-0.39, 0.29) is 24.4 Å². The number of thiazole rings is 1. The fraction of sp³-hybridized carbons (Fsp3) is 0.500. The number of nitrogens with one attached hydrogen (secondary N) is 1. The number of amides is 2. The summed E-state index contributed by atoms with van der Waals surface area (Å²) in [5.74, 6) is -0.169. The number of nitrogens with zero attached hydrogens (tertiary/aromatic N) is 2. The number of carbonyl (C=O) groups is 2. The maximum absolute atomic E-state index is 11.8. The van der Waals surface area contributed by atoms with Crippen LogP contribution in [0.2, 0.25) is 0 Å². The molecule has 1 aromatic rings. The topological polar surface area (TPSA) is 62.3 Å². The highest BCUT2D eigenvalue weighted by Crippen LogP contribution is 2.25. The van der Waals surface area contributed by atoms with Crippen molar-refractivity contribution in [1.82, 2.24) is 15.2 Å². The van der Waals surface area contributed by atoms with Crippen LogP contribution in [0.5, 0.6) is 0 Å². The zero-order valence-corrected chi connectivity index (χ0v) is 9.95. The molecule has 1 aliphatic rings. The highest BCUT2D eigenvalue weighted by molar-refractivity contribution is 7.09. The minimum absolute atomic E-state index is 0.0604. The third kappa shape index (κ3) is 1.80. The van der Waals surface area contributed by atoms with Gasteiger partial charge in [0.15, 0.2) is 0 Å². The molecular formula is C10H13N3O2S. The van der Waals surface area contributed by atoms with Crippen molar-refractivity contribution in [3.63, 3.8) is 0 Å². The van der Waals surface area contributed by atoms with Crippen molar-refractivity contribution in [1.29, 1.82) is 0 Å². The molecule has 0 saturated carbocycles. The van der Waals surface area contributed by atoms with Gasteiger partial charge in [0.1, 0.15) is 11.0 Å². The second kappa shape index (κ2) is 4.21. The van der Waals surface area contributed by atoms with Gasteiger partial charge in [-0.3, -0.25) is 9.59 Å². The van der Waals surface area contributed by atoms with Crippen LogP contribution < -0.4 is 5.32 Å². The molecule has 6 heteroatoms. The second-order valence-corrected chi connectivity index (χ2v) is 4.67. The Morgan fingerprint density at radius 2 is 2.38 bits per heavy atom. The second-order valence-electron chi connectivity index (χ2n) is 3.74. The third-order valence-corrected chi connectivity index (χ3v) is 3.67. The lowest BCUT2D eigenvalue weighted by molar-refractivity contribution is -0.147. The summed E-state index contributed by atoms with van der Waals surface area (Å²) in [5.41, 5.74) is 0. The van der Waals surface area contributed by atoms with Gasteiger partial charge in [0, 0.05) is 11.6 Å². The first-order valence-corrected chi connectivity index (χ1v) is 5.97. The van der Waals surface area contributed by atoms with Gasteiger partial charge in [0.25, 0.3) is 0 Å². The summed E-state index contributed by atoms with van der Waals surface area (Å²) < 4.78 is 0. The van der Waals surface area contributed by atoms with E-state index in [0.29, 0.717) is 0 Å². The Hall–Kier alpha value is -1.43. The molecule has 0 bridgehead atoms. The molecule has 2 amide bonds. The van der Waals surface area contributed by atoms with Gasteiger partial charge < -0.3 is 10.2 Å². The number of rotatable bonds is 2. The molecule has 1 N–H and O–H groups in total. The first kappa shape index (κ1) is 11.1. The third-order valence-electron chi connectivity index (χ3n) is 2.72. The molecule has 0 aliphatic carbocycles. The maximum atomic E-state index is 11.8. The minimum Gasteiger partial charge on any atom is -0.345 e. The van der Waals surface area contributed by atoms with Crippen molar-refractivity contribution in [2.24, 2.45) is 0 Å². The van der Waals surface area contributed by atoms with Crippen molar-refractivity contribution in [2.45, 2.75) is 25.9 Å². The van der Waals surface area contributed by atoms with E-state index in [1.807, 2.05) is 12.3 Å². The van der Waals surface area contributed by atoms with Crippen molar-refractivity contribution in [3.05, 3.63) is 16.6 Å². The summed E-state index contributed by atoms with van der Waals surface area (Å²) in [7, 11) is 0. The van der Waals surface area contributed by atoms with E-state index in [9.17, 15) is 9.59 Å². The Labute approximate surface area is 97.5 Å². The van der Waals surface area contributed by atoms with Gasteiger partial charge in [-0.05, 0) is 13.8 Å². The van der Waals surface area contributed by atoms with Crippen LogP contribution in [0.3, 0.4) is 0 Å². The Kier molecular flexibility index (Phi) is 2.91. The lowest BCUT2D eigenvalue weighted by Gasteiger charge is -2.36. The van der Waals surface area contributed by atoms with Gasteiger partial charge in [-0.1, -0.05) is 0 Å². The van der Waals surface area contributed by atoms with E-state index in [1.165, 1.54) is 11.3 Å². The Morgan fingerprint density at radius 3 is 3.00 bits per heavy atom. The van der Waals surface area contributed by atoms with Crippen molar-refractivity contribution in [3.8, 4) is 0 Å². The lowest BCUT2D eigenvalue weighted by Crippen LogP contribution is -2.57. The lowest BCUT2D eigenvalue weighted by atomic mass is 10.1. The molecular weight excluding hydrogens is 226 g/mol. The molecule has 5 nitrogen and oxygen atoms in total. The fourth-order valence-electron chi connectivity index (χ4n) is 1.86. The predicted molar refractivity (Wildman–Crippen MR) is 59.8 cm³/mol. The van der Waals surface area contributed by atoms with Gasteiger partial charge in [-0.15, -0.1) is 11.3 Å². The molecule has 1 aromatic heterocycles. The number of carbonyl (C=O) groups excluding carboxylic acids is 2. The Balaban J connectivity index is 2.24. The SMILES string of the molecule is CC1C(=O)NCC(=O)N1C(C)c1nccs1. The van der Waals surface area contributed by atoms with Crippen LogP contribution in [0, 0.1) is 0 Å². The highest BCUT2D eigenvalue weighted by Gasteiger charge is 2.35. The van der Waals surface area contributed by atoms with Gasteiger partial charge in [0.2, 0.25) is 11.8 Å². The summed E-state index contributed by atoms with van der Waals surface area (Å²) in [4.78, 5) is 29.1. The number of piperazine rings is 1. The van der Waals surface area contributed by atoms with Gasteiger partial charge in [-0.25, -0.2) is 4.98 Å². The molecule has 1 fully saturated rings. The normalized spacial score (nSPS) is 23.1. The molecule has 0 spiro atoms. The van der Waals surface area contributed by atoms with Crippen LogP contribution in [-0.4, -0.2) is 34.3 Å². The van der Waals surface area contributed by atoms with E-state index in [0.717, 1.165) is 5.01 Å². The summed E-state index contributed by atoms with van der Waals surface area (Å²) in [6.45, 7) is 3.71. The van der Waals surface area contributed by atoms with Crippen LogP contribution in [0.4, 0.5) is 0 Å². The summed E-state index contributed by atoms with van der Waals surface area (Å²) in [6.07, 6.45) is 1.70. The van der Waals surface area contributed by atoms with E-state index in [4.69, 9.17) is 0 Å². The summed E-state index contributed by atoms with van der Waals surface area (Å²) in [5, 5.41) is 5.29. The van der Waals surface area contributed by atoms with Gasteiger partial charge in [-0.2, -0.15) is 0 Å². The molecule has 2 unspecified atom stereocenters. The highest BCUT2D eigenvalue weighted by atomic mass is 32.1. The Morgan fingerprint density at radius 1 is 1.62 bits per heavy atom. The molecule has 0 radical (unpaired) electrons. The largest absolute Gasteiger partial charge is 0.345 e. The molecule has 0 aromatic carbocycles. The molecule has 1 aliphatic heterocycles. The quantitative estimate of drug-likeness (QED) is 0.820. The van der Waals surface area contributed by atoms with Gasteiger partial charge in [0.05, 0.1) is 12.6 Å². The van der Waals surface area contributed by atoms with Crippen LogP contribution in [0.25, 0.3) is 0 Å². The number of aromatic nitrogens is 1. The standard InChI is InChI=1S/C10H13N3O2S/c1-6-9(15)12-5-8(14)13(6)7(2)10-11-3-4-16-10/h3-4,6-7H,5H2,1-2H3,(H,12,15). The van der Waals surface area contributed by atoms with Crippen LogP contribution in [-0.2, 0) is 9.59 Å². The average molecular weight is 239 g/mol. The van der Waals surface area contributed by atoms with Crippen LogP contribution in [0.15, 0.2) is 11.6 Å². The molecule has 16 heavy (non-hydrogen) atoms. The van der Waals surface area contributed by atoms with Crippen molar-refractivity contribution < 1.29 is 9.59 Å². The smallest absolute Gasteiger partial charge is 0.243 e. The van der Waals surface area contributed by atoms with E-state index in [1.54, 1.807) is 18.0 Å². The minimum atomic E-state index is -0.430. The zero-order valence-electron chi connectivity index (χ0n) is 9.14. The summed E-state index contributed by atoms with van der Waals surface area (Å²) in [6, 6.07) is -0.575. The number of hydrogen-bond acceptors (Lipinski definition) is 4. The maximum Gasteiger partial charge on any atom is 0.243 e. The summed E-state index contributed by atoms with van der Waals surface area (Å²) >= 11 is 1.49. The van der Waals surface area contributed by atoms with Crippen molar-refractivity contribution in [2.75, 3.05) is 6.54 Å². The van der Waals surface area contributed by atoms with Crippen LogP contribution >= 0.6 is 11.3 Å². The molecule has 2 rings (SSSR count). The van der Waals surface area contributed by atoms with Crippen LogP contribution in [0.1, 0.15) is 24.9 Å². The Bertz CT molecular complexity index is 404. The average Bonchev–Trinajstić information content (AvgIpc) is 2.77. The molecule has 2 atom stereocenters. The number of hydrogen-bond donors (Lipinski definition) is 1. The van der Waals surface area contributed by atoms with E-state index in [2.05, 4.69) is 10.3 Å². The first-order valence-electron chi connectivity index (χ1n) is 5.09. The van der Waals surface area contributed by atoms with E-state index < -0.39 is 6.04 Å². The van der Waals surface area contributed by atoms with E-state index >= 15 is 0 Å². The predicted octanol–water partition coefficient (Wildman–Crippen LogP) is 0.551. The van der Waals surface area contributed by atoms with Crippen molar-refractivity contribution >= 4 is 23.2 Å². The van der Waals surface area contributed by atoms with Gasteiger partial charge >= 0.3 is 0 Å². The monoisotopic (exact) mass is 239 g/mol.